The van der Waals surface area contributed by atoms with Crippen LogP contribution in [0, 0.1) is 6.92 Å². The quantitative estimate of drug-likeness (QED) is 0.674. The molecule has 0 aliphatic heterocycles. The first-order chi connectivity index (χ1) is 9.66. The van der Waals surface area contributed by atoms with Gasteiger partial charge < -0.3 is 10.1 Å². The van der Waals surface area contributed by atoms with Crippen LogP contribution in [0.2, 0.25) is 0 Å². The Balaban J connectivity index is 1.65. The Labute approximate surface area is 123 Å². The van der Waals surface area contributed by atoms with Crippen molar-refractivity contribution in [3.8, 4) is 5.75 Å². The van der Waals surface area contributed by atoms with E-state index < -0.39 is 0 Å². The maximum atomic E-state index is 6.00. The zero-order valence-electron chi connectivity index (χ0n) is 13.2. The fraction of sp³-hybridized carbons (Fsp3) is 0.667. The molecule has 2 rings (SSSR count). The Bertz CT molecular complexity index is 410. The average molecular weight is 275 g/mol. The van der Waals surface area contributed by atoms with Crippen LogP contribution in [0.3, 0.4) is 0 Å². The normalized spacial score (nSPS) is 14.8. The predicted octanol–water partition coefficient (Wildman–Crippen LogP) is 4.42. The van der Waals surface area contributed by atoms with Crippen molar-refractivity contribution in [2.45, 2.75) is 64.8 Å². The number of rotatable bonds is 9. The molecule has 0 heterocycles. The number of unbranched alkanes of at least 4 members (excludes halogenated alkanes) is 2. The number of ether oxygens (including phenoxy) is 1. The zero-order chi connectivity index (χ0) is 14.4. The van der Waals surface area contributed by atoms with Gasteiger partial charge in [-0.2, -0.15) is 0 Å². The van der Waals surface area contributed by atoms with Gasteiger partial charge in [0.1, 0.15) is 5.75 Å². The first-order valence-corrected chi connectivity index (χ1v) is 8.13. The Hall–Kier alpha value is -1.02. The molecule has 0 unspecified atom stereocenters. The summed E-state index contributed by atoms with van der Waals surface area (Å²) < 4.78 is 6.00. The largest absolute Gasteiger partial charge is 0.493 e. The smallest absolute Gasteiger partial charge is 0.122 e. The maximum absolute atomic E-state index is 6.00. The minimum absolute atomic E-state index is 0.522. The molecule has 1 N–H and O–H groups in total. The van der Waals surface area contributed by atoms with E-state index in [4.69, 9.17) is 4.74 Å². The summed E-state index contributed by atoms with van der Waals surface area (Å²) in [6.07, 6.45) is 6.44. The van der Waals surface area contributed by atoms with E-state index in [1.54, 1.807) is 0 Å². The minimum Gasteiger partial charge on any atom is -0.493 e. The molecule has 0 spiro atoms. The van der Waals surface area contributed by atoms with Crippen LogP contribution in [0.4, 0.5) is 0 Å². The van der Waals surface area contributed by atoms with E-state index >= 15 is 0 Å². The fourth-order valence-corrected chi connectivity index (χ4v) is 2.42. The summed E-state index contributed by atoms with van der Waals surface area (Å²) in [6, 6.07) is 7.39. The summed E-state index contributed by atoms with van der Waals surface area (Å²) in [4.78, 5) is 0. The highest BCUT2D eigenvalue weighted by molar-refractivity contribution is 5.39. The third-order valence-corrected chi connectivity index (χ3v) is 3.88. The van der Waals surface area contributed by atoms with Gasteiger partial charge in [-0.1, -0.05) is 26.0 Å². The van der Waals surface area contributed by atoms with Gasteiger partial charge in [-0.05, 0) is 68.7 Å². The fourth-order valence-electron chi connectivity index (χ4n) is 2.42. The molecule has 1 aromatic rings. The molecular weight excluding hydrogens is 246 g/mol. The van der Waals surface area contributed by atoms with Gasteiger partial charge in [0.2, 0.25) is 0 Å². The zero-order valence-corrected chi connectivity index (χ0v) is 13.2. The highest BCUT2D eigenvalue weighted by Gasteiger charge is 2.19. The topological polar surface area (TPSA) is 21.3 Å². The molecular formula is C18H29NO. The highest BCUT2D eigenvalue weighted by Crippen LogP contribution is 2.27. The number of nitrogens with one attached hydrogen (secondary N) is 1. The van der Waals surface area contributed by atoms with Gasteiger partial charge in [-0.3, -0.25) is 0 Å². The van der Waals surface area contributed by atoms with Crippen LogP contribution in [0.25, 0.3) is 0 Å². The van der Waals surface area contributed by atoms with Gasteiger partial charge in [0, 0.05) is 6.04 Å². The van der Waals surface area contributed by atoms with Crippen molar-refractivity contribution >= 4 is 0 Å². The van der Waals surface area contributed by atoms with Crippen LogP contribution < -0.4 is 10.1 Å². The Morgan fingerprint density at radius 2 is 2.00 bits per heavy atom. The van der Waals surface area contributed by atoms with E-state index in [-0.39, 0.29) is 0 Å². The summed E-state index contributed by atoms with van der Waals surface area (Å²) in [5.41, 5.74) is 2.60. The van der Waals surface area contributed by atoms with Crippen LogP contribution in [-0.2, 0) is 0 Å². The van der Waals surface area contributed by atoms with Gasteiger partial charge in [-0.25, -0.2) is 0 Å². The van der Waals surface area contributed by atoms with Crippen molar-refractivity contribution in [3.05, 3.63) is 29.3 Å². The Kier molecular flexibility index (Phi) is 5.90. The summed E-state index contributed by atoms with van der Waals surface area (Å²) in [5, 5.41) is 3.56. The van der Waals surface area contributed by atoms with Crippen molar-refractivity contribution in [1.82, 2.24) is 5.32 Å². The molecule has 0 saturated heterocycles. The van der Waals surface area contributed by atoms with Crippen LogP contribution >= 0.6 is 0 Å². The molecule has 20 heavy (non-hydrogen) atoms. The van der Waals surface area contributed by atoms with Crippen molar-refractivity contribution in [1.29, 1.82) is 0 Å². The van der Waals surface area contributed by atoms with E-state index in [1.165, 1.54) is 43.4 Å². The van der Waals surface area contributed by atoms with Crippen LogP contribution in [-0.4, -0.2) is 19.2 Å². The summed E-state index contributed by atoms with van der Waals surface area (Å²) in [7, 11) is 0. The SMILES string of the molecule is Cc1ccc(C(C)C)c(OCCCCCNC2CC2)c1. The van der Waals surface area contributed by atoms with Gasteiger partial charge in [0.15, 0.2) is 0 Å². The molecule has 2 nitrogen and oxygen atoms in total. The van der Waals surface area contributed by atoms with E-state index in [0.717, 1.165) is 24.8 Å². The second-order valence-electron chi connectivity index (χ2n) is 6.33. The second-order valence-corrected chi connectivity index (χ2v) is 6.33. The molecule has 0 atom stereocenters. The molecule has 2 heteroatoms. The van der Waals surface area contributed by atoms with Gasteiger partial charge in [0.25, 0.3) is 0 Å². The van der Waals surface area contributed by atoms with E-state index in [9.17, 15) is 0 Å². The lowest BCUT2D eigenvalue weighted by Crippen LogP contribution is -2.17. The number of benzene rings is 1. The lowest BCUT2D eigenvalue weighted by molar-refractivity contribution is 0.300. The standard InChI is InChI=1S/C18H29NO/c1-14(2)17-10-7-15(3)13-18(17)20-12-6-4-5-11-19-16-8-9-16/h7,10,13-14,16,19H,4-6,8-9,11-12H2,1-3H3. The Morgan fingerprint density at radius 1 is 1.20 bits per heavy atom. The van der Waals surface area contributed by atoms with Crippen molar-refractivity contribution in [3.63, 3.8) is 0 Å². The molecule has 1 aliphatic rings. The predicted molar refractivity (Wildman–Crippen MR) is 85.6 cm³/mol. The van der Waals surface area contributed by atoms with Crippen LogP contribution in [0.15, 0.2) is 18.2 Å². The Morgan fingerprint density at radius 3 is 2.70 bits per heavy atom. The van der Waals surface area contributed by atoms with Gasteiger partial charge in [-0.15, -0.1) is 0 Å². The van der Waals surface area contributed by atoms with Crippen molar-refractivity contribution in [2.24, 2.45) is 0 Å². The lowest BCUT2D eigenvalue weighted by Gasteiger charge is -2.15. The number of hydrogen-bond donors (Lipinski definition) is 1. The van der Waals surface area contributed by atoms with Crippen LogP contribution in [0.5, 0.6) is 5.75 Å². The molecule has 0 bridgehead atoms. The molecule has 112 valence electrons. The summed E-state index contributed by atoms with van der Waals surface area (Å²) in [6.45, 7) is 8.58. The third-order valence-electron chi connectivity index (χ3n) is 3.88. The molecule has 0 aromatic heterocycles. The minimum atomic E-state index is 0.522. The monoisotopic (exact) mass is 275 g/mol. The maximum Gasteiger partial charge on any atom is 0.122 e. The molecule has 1 aromatic carbocycles. The van der Waals surface area contributed by atoms with Gasteiger partial charge in [0.05, 0.1) is 6.61 Å². The molecule has 0 amide bonds. The van der Waals surface area contributed by atoms with E-state index in [1.807, 2.05) is 0 Å². The summed E-state index contributed by atoms with van der Waals surface area (Å²) in [5.74, 6) is 1.60. The van der Waals surface area contributed by atoms with E-state index in [0.29, 0.717) is 5.92 Å². The first-order valence-electron chi connectivity index (χ1n) is 8.13. The molecule has 1 fully saturated rings. The molecule has 1 saturated carbocycles. The number of hydrogen-bond acceptors (Lipinski definition) is 2. The summed E-state index contributed by atoms with van der Waals surface area (Å²) >= 11 is 0. The average Bonchev–Trinajstić information content (AvgIpc) is 3.21. The van der Waals surface area contributed by atoms with Crippen LogP contribution in [0.1, 0.15) is 63.0 Å². The lowest BCUT2D eigenvalue weighted by atomic mass is 10.0. The van der Waals surface area contributed by atoms with Gasteiger partial charge >= 0.3 is 0 Å². The molecule has 0 radical (unpaired) electrons. The second kappa shape index (κ2) is 7.68. The third kappa shape index (κ3) is 5.16. The van der Waals surface area contributed by atoms with Crippen molar-refractivity contribution in [2.75, 3.05) is 13.2 Å². The number of aryl methyl sites for hydroxylation is 1. The highest BCUT2D eigenvalue weighted by atomic mass is 16.5. The first kappa shape index (κ1) is 15.4. The van der Waals surface area contributed by atoms with E-state index in [2.05, 4.69) is 44.3 Å². The molecule has 1 aliphatic carbocycles. The van der Waals surface area contributed by atoms with Crippen molar-refractivity contribution < 1.29 is 4.74 Å².